The summed E-state index contributed by atoms with van der Waals surface area (Å²) in [6.45, 7) is 13.8. The zero-order valence-corrected chi connectivity index (χ0v) is 12.3. The van der Waals surface area contributed by atoms with Crippen molar-refractivity contribution < 1.29 is 0 Å². The van der Waals surface area contributed by atoms with E-state index in [2.05, 4.69) is 41.5 Å². The van der Waals surface area contributed by atoms with Gasteiger partial charge in [-0.25, -0.2) is 0 Å². The van der Waals surface area contributed by atoms with E-state index in [4.69, 9.17) is 0 Å². The van der Waals surface area contributed by atoms with Crippen LogP contribution in [0.4, 0.5) is 0 Å². The van der Waals surface area contributed by atoms with Crippen LogP contribution < -0.4 is 0 Å². The van der Waals surface area contributed by atoms with Crippen LogP contribution >= 0.6 is 0 Å². The summed E-state index contributed by atoms with van der Waals surface area (Å²) in [6, 6.07) is 0. The Morgan fingerprint density at radius 3 is 0.875 bits per heavy atom. The van der Waals surface area contributed by atoms with Crippen LogP contribution in [0.5, 0.6) is 0 Å². The third-order valence-electron chi connectivity index (χ3n) is 4.82. The average molecular weight is 224 g/mol. The third kappa shape index (κ3) is 5.92. The highest BCUT2D eigenvalue weighted by atomic mass is 14.3. The zero-order valence-electron chi connectivity index (χ0n) is 12.3. The number of hydrogen-bond donors (Lipinski definition) is 0. The predicted molar refractivity (Wildman–Crippen MR) is 73.5 cm³/mol. The maximum absolute atomic E-state index is 2.33. The Balaban J connectivity index is 0.000000121. The number of hydrogen-bond acceptors (Lipinski definition) is 0. The molecule has 0 nitrogen and oxygen atoms in total. The lowest BCUT2D eigenvalue weighted by molar-refractivity contribution is 0.724. The van der Waals surface area contributed by atoms with Crippen molar-refractivity contribution in [1.82, 2.24) is 0 Å². The normalized spacial score (nSPS) is 46.9. The van der Waals surface area contributed by atoms with Gasteiger partial charge in [0, 0.05) is 0 Å². The molecule has 3 aliphatic rings. The minimum Gasteiger partial charge on any atom is -0.0651 e. The van der Waals surface area contributed by atoms with E-state index in [1.807, 2.05) is 0 Å². The van der Waals surface area contributed by atoms with Crippen LogP contribution in [-0.4, -0.2) is 0 Å². The summed E-state index contributed by atoms with van der Waals surface area (Å²) in [4.78, 5) is 0. The standard InChI is InChI=1S/C6H12.2C5H10/c1-3-6-4-5(6)2;2*1-4-3-5(4)2/h5-6H,3-4H2,1-2H3;2*4-5H,3H2,1-2H3. The fraction of sp³-hybridized carbons (Fsp3) is 1.00. The molecule has 6 atom stereocenters. The predicted octanol–water partition coefficient (Wildman–Crippen LogP) is 5.38. The van der Waals surface area contributed by atoms with Crippen molar-refractivity contribution in [2.45, 2.75) is 67.2 Å². The molecule has 96 valence electrons. The van der Waals surface area contributed by atoms with Crippen LogP contribution in [0.15, 0.2) is 0 Å². The molecule has 16 heavy (non-hydrogen) atoms. The van der Waals surface area contributed by atoms with Gasteiger partial charge in [-0.15, -0.1) is 0 Å². The first-order valence-corrected chi connectivity index (χ1v) is 7.45. The lowest BCUT2D eigenvalue weighted by atomic mass is 10.3. The van der Waals surface area contributed by atoms with Crippen LogP contribution in [0, 0.1) is 35.5 Å². The van der Waals surface area contributed by atoms with Crippen LogP contribution in [0.2, 0.25) is 0 Å². The molecule has 3 fully saturated rings. The highest BCUT2D eigenvalue weighted by Crippen LogP contribution is 2.39. The Labute approximate surface area is 103 Å². The van der Waals surface area contributed by atoms with Crippen LogP contribution in [0.3, 0.4) is 0 Å². The highest BCUT2D eigenvalue weighted by Gasteiger charge is 2.29. The molecule has 0 aromatic rings. The highest BCUT2D eigenvalue weighted by molar-refractivity contribution is 4.80. The van der Waals surface area contributed by atoms with Crippen molar-refractivity contribution in [3.05, 3.63) is 0 Å². The Morgan fingerprint density at radius 2 is 0.875 bits per heavy atom. The summed E-state index contributed by atoms with van der Waals surface area (Å²) in [5, 5.41) is 0. The Hall–Kier alpha value is 0. The summed E-state index contributed by atoms with van der Waals surface area (Å²) >= 11 is 0. The minimum absolute atomic E-state index is 1.05. The second-order valence-corrected chi connectivity index (χ2v) is 6.76. The lowest BCUT2D eigenvalue weighted by Crippen LogP contribution is -1.68. The van der Waals surface area contributed by atoms with Gasteiger partial charge in [0.15, 0.2) is 0 Å². The fourth-order valence-corrected chi connectivity index (χ4v) is 1.98. The molecular weight excluding hydrogens is 192 g/mol. The summed E-state index contributed by atoms with van der Waals surface area (Å²) in [5.41, 5.74) is 0. The van der Waals surface area contributed by atoms with E-state index >= 15 is 0 Å². The molecule has 3 saturated carbocycles. The van der Waals surface area contributed by atoms with E-state index in [0.717, 1.165) is 35.5 Å². The van der Waals surface area contributed by atoms with Gasteiger partial charge >= 0.3 is 0 Å². The zero-order chi connectivity index (χ0) is 12.3. The van der Waals surface area contributed by atoms with Crippen molar-refractivity contribution in [1.29, 1.82) is 0 Å². The smallest absolute Gasteiger partial charge is 0.0388 e. The Morgan fingerprint density at radius 1 is 0.625 bits per heavy atom. The molecule has 0 bridgehead atoms. The molecule has 3 rings (SSSR count). The van der Waals surface area contributed by atoms with Crippen molar-refractivity contribution in [3.8, 4) is 0 Å². The molecule has 6 unspecified atom stereocenters. The molecule has 0 spiro atoms. The van der Waals surface area contributed by atoms with E-state index in [9.17, 15) is 0 Å². The van der Waals surface area contributed by atoms with E-state index in [-0.39, 0.29) is 0 Å². The third-order valence-corrected chi connectivity index (χ3v) is 4.82. The molecule has 0 saturated heterocycles. The summed E-state index contributed by atoms with van der Waals surface area (Å²) in [7, 11) is 0. The molecule has 0 aromatic carbocycles. The summed E-state index contributed by atoms with van der Waals surface area (Å²) in [6.07, 6.45) is 5.84. The largest absolute Gasteiger partial charge is 0.0651 e. The van der Waals surface area contributed by atoms with Crippen molar-refractivity contribution in [2.24, 2.45) is 35.5 Å². The van der Waals surface area contributed by atoms with E-state index < -0.39 is 0 Å². The fourth-order valence-electron chi connectivity index (χ4n) is 1.98. The quantitative estimate of drug-likeness (QED) is 0.561. The minimum atomic E-state index is 1.05. The lowest BCUT2D eigenvalue weighted by Gasteiger charge is -1.79. The van der Waals surface area contributed by atoms with Gasteiger partial charge in [0.2, 0.25) is 0 Å². The van der Waals surface area contributed by atoms with Crippen molar-refractivity contribution in [2.75, 3.05) is 0 Å². The van der Waals surface area contributed by atoms with Gasteiger partial charge in [0.25, 0.3) is 0 Å². The maximum atomic E-state index is 2.33. The topological polar surface area (TPSA) is 0 Å². The second kappa shape index (κ2) is 6.07. The first-order valence-electron chi connectivity index (χ1n) is 7.45. The van der Waals surface area contributed by atoms with E-state index in [1.165, 1.54) is 25.7 Å². The molecule has 0 heterocycles. The maximum Gasteiger partial charge on any atom is -0.0388 e. The molecule has 0 heteroatoms. The molecule has 0 aromatic heterocycles. The second-order valence-electron chi connectivity index (χ2n) is 6.76. The number of rotatable bonds is 1. The molecule has 3 aliphatic carbocycles. The monoisotopic (exact) mass is 224 g/mol. The van der Waals surface area contributed by atoms with Crippen LogP contribution in [0.1, 0.15) is 67.2 Å². The van der Waals surface area contributed by atoms with Gasteiger partial charge in [0.05, 0.1) is 0 Å². The van der Waals surface area contributed by atoms with Gasteiger partial charge in [-0.05, 0) is 54.8 Å². The first kappa shape index (κ1) is 14.1. The average Bonchev–Trinajstić information content (AvgIpc) is 3.14. The van der Waals surface area contributed by atoms with E-state index in [0.29, 0.717) is 0 Å². The van der Waals surface area contributed by atoms with Gasteiger partial charge in [-0.1, -0.05) is 48.0 Å². The molecular formula is C16H32. The SMILES string of the molecule is CC1CC1C.CC1CC1C.CCC1CC1C. The van der Waals surface area contributed by atoms with Gasteiger partial charge in [0.1, 0.15) is 0 Å². The molecule has 0 amide bonds. The van der Waals surface area contributed by atoms with Gasteiger partial charge in [-0.3, -0.25) is 0 Å². The van der Waals surface area contributed by atoms with Gasteiger partial charge in [-0.2, -0.15) is 0 Å². The first-order chi connectivity index (χ1) is 7.45. The van der Waals surface area contributed by atoms with Crippen molar-refractivity contribution in [3.63, 3.8) is 0 Å². The Kier molecular flexibility index (Phi) is 5.34. The van der Waals surface area contributed by atoms with Gasteiger partial charge < -0.3 is 0 Å². The van der Waals surface area contributed by atoms with Crippen molar-refractivity contribution >= 4 is 0 Å². The molecule has 0 N–H and O–H groups in total. The van der Waals surface area contributed by atoms with Crippen LogP contribution in [0.25, 0.3) is 0 Å². The summed E-state index contributed by atoms with van der Waals surface area (Å²) in [5.74, 6) is 6.37. The van der Waals surface area contributed by atoms with Crippen LogP contribution in [-0.2, 0) is 0 Å². The molecule has 0 radical (unpaired) electrons. The van der Waals surface area contributed by atoms with E-state index in [1.54, 1.807) is 0 Å². The Bertz CT molecular complexity index is 168. The summed E-state index contributed by atoms with van der Waals surface area (Å²) < 4.78 is 0. The molecule has 0 aliphatic heterocycles.